The van der Waals surface area contributed by atoms with Crippen molar-refractivity contribution in [2.75, 3.05) is 27.2 Å². The molecular weight excluding hydrogens is 500 g/mol. The molecule has 7 nitrogen and oxygen atoms in total. The Morgan fingerprint density at radius 3 is 2.33 bits per heavy atom. The number of benzene rings is 2. The van der Waals surface area contributed by atoms with Gasteiger partial charge >= 0.3 is 6.09 Å². The number of aryl methyl sites for hydroxylation is 1. The lowest BCUT2D eigenvalue weighted by Gasteiger charge is -2.30. The molecule has 0 saturated heterocycles. The van der Waals surface area contributed by atoms with Crippen molar-refractivity contribution >= 4 is 28.6 Å². The van der Waals surface area contributed by atoms with E-state index in [1.165, 1.54) is 16.7 Å². The second-order valence-corrected chi connectivity index (χ2v) is 11.5. The smallest absolute Gasteiger partial charge is 0.410 e. The summed E-state index contributed by atoms with van der Waals surface area (Å²) in [6.07, 6.45) is 6.52. The SMILES string of the molecule is Cc1cc(-c2cnc3[nH]cc(-c4ccc(C(=O)N(C)C)cc4)c3c2)ccc1C1=CCN(C(=O)OC(C)(C)C)CC1. The van der Waals surface area contributed by atoms with Crippen LogP contribution in [0.2, 0.25) is 0 Å². The predicted octanol–water partition coefficient (Wildman–Crippen LogP) is 6.93. The van der Waals surface area contributed by atoms with Gasteiger partial charge < -0.3 is 19.5 Å². The van der Waals surface area contributed by atoms with Crippen LogP contribution in [-0.2, 0) is 4.74 Å². The number of nitrogens with zero attached hydrogens (tertiary/aromatic N) is 3. The molecule has 0 spiro atoms. The van der Waals surface area contributed by atoms with Crippen LogP contribution in [-0.4, -0.2) is 64.6 Å². The lowest BCUT2D eigenvalue weighted by molar-refractivity contribution is 0.0270. The number of hydrogen-bond acceptors (Lipinski definition) is 4. The molecule has 2 aromatic heterocycles. The third-order valence-corrected chi connectivity index (χ3v) is 7.15. The third kappa shape index (κ3) is 5.64. The quantitative estimate of drug-likeness (QED) is 0.307. The number of aromatic amines is 1. The molecule has 3 heterocycles. The molecular formula is C33H36N4O3. The van der Waals surface area contributed by atoms with Crippen LogP contribution < -0.4 is 0 Å². The van der Waals surface area contributed by atoms with Crippen molar-refractivity contribution in [2.24, 2.45) is 0 Å². The molecule has 4 aromatic rings. The van der Waals surface area contributed by atoms with E-state index in [0.717, 1.165) is 39.7 Å². The highest BCUT2D eigenvalue weighted by Crippen LogP contribution is 2.33. The van der Waals surface area contributed by atoms with Crippen LogP contribution in [0.1, 0.15) is 48.7 Å². The molecule has 1 aliphatic heterocycles. The van der Waals surface area contributed by atoms with Gasteiger partial charge in [-0.1, -0.05) is 36.4 Å². The van der Waals surface area contributed by atoms with Crippen LogP contribution in [0.15, 0.2) is 67.0 Å². The lowest BCUT2D eigenvalue weighted by atomic mass is 9.92. The minimum atomic E-state index is -0.497. The lowest BCUT2D eigenvalue weighted by Crippen LogP contribution is -2.39. The Kier molecular flexibility index (Phi) is 7.23. The van der Waals surface area contributed by atoms with Gasteiger partial charge in [0.05, 0.1) is 0 Å². The number of carbonyl (C=O) groups excluding carboxylic acids is 2. The summed E-state index contributed by atoms with van der Waals surface area (Å²) in [6, 6.07) is 16.4. The molecule has 0 unspecified atom stereocenters. The second-order valence-electron chi connectivity index (χ2n) is 11.5. The number of H-pyrrole nitrogens is 1. The Morgan fingerprint density at radius 1 is 0.975 bits per heavy atom. The summed E-state index contributed by atoms with van der Waals surface area (Å²) in [4.78, 5) is 36.0. The molecule has 1 N–H and O–H groups in total. The first-order chi connectivity index (χ1) is 19.0. The van der Waals surface area contributed by atoms with Crippen molar-refractivity contribution in [1.82, 2.24) is 19.8 Å². The first kappa shape index (κ1) is 27.2. The van der Waals surface area contributed by atoms with Gasteiger partial charge in [0.1, 0.15) is 11.2 Å². The predicted molar refractivity (Wildman–Crippen MR) is 160 cm³/mol. The summed E-state index contributed by atoms with van der Waals surface area (Å²) in [5, 5.41) is 1.03. The number of pyridine rings is 1. The monoisotopic (exact) mass is 536 g/mol. The molecule has 0 bridgehead atoms. The fraction of sp³-hybridized carbons (Fsp3) is 0.303. The zero-order valence-corrected chi connectivity index (χ0v) is 24.0. The summed E-state index contributed by atoms with van der Waals surface area (Å²) in [5.74, 6) is -0.0161. The van der Waals surface area contributed by atoms with Crippen LogP contribution in [0.3, 0.4) is 0 Å². The van der Waals surface area contributed by atoms with Gasteiger partial charge in [-0.05, 0) is 80.1 Å². The molecule has 1 aliphatic rings. The van der Waals surface area contributed by atoms with Crippen molar-refractivity contribution in [1.29, 1.82) is 0 Å². The summed E-state index contributed by atoms with van der Waals surface area (Å²) >= 11 is 0. The Labute approximate surface area is 235 Å². The van der Waals surface area contributed by atoms with Gasteiger partial charge in [-0.25, -0.2) is 9.78 Å². The first-order valence-electron chi connectivity index (χ1n) is 13.6. The number of rotatable bonds is 4. The highest BCUT2D eigenvalue weighted by atomic mass is 16.6. The fourth-order valence-electron chi connectivity index (χ4n) is 5.06. The van der Waals surface area contributed by atoms with Gasteiger partial charge in [-0.15, -0.1) is 0 Å². The number of ether oxygens (including phenoxy) is 1. The van der Waals surface area contributed by atoms with Crippen LogP contribution in [0.25, 0.3) is 38.9 Å². The molecule has 0 aliphatic carbocycles. The zero-order valence-electron chi connectivity index (χ0n) is 24.0. The van der Waals surface area contributed by atoms with E-state index < -0.39 is 5.60 Å². The van der Waals surface area contributed by atoms with E-state index in [0.29, 0.717) is 18.7 Å². The van der Waals surface area contributed by atoms with Crippen molar-refractivity contribution in [3.63, 3.8) is 0 Å². The summed E-state index contributed by atoms with van der Waals surface area (Å²) in [5.41, 5.74) is 8.83. The normalized spacial score (nSPS) is 13.8. The molecule has 0 fully saturated rings. The molecule has 2 aromatic carbocycles. The molecule has 0 atom stereocenters. The van der Waals surface area contributed by atoms with Gasteiger partial charge in [0, 0.05) is 61.7 Å². The van der Waals surface area contributed by atoms with Gasteiger partial charge in [-0.2, -0.15) is 0 Å². The number of nitrogens with one attached hydrogen (secondary N) is 1. The fourth-order valence-corrected chi connectivity index (χ4v) is 5.06. The maximum atomic E-state index is 12.4. The minimum absolute atomic E-state index is 0.0161. The van der Waals surface area contributed by atoms with Crippen LogP contribution >= 0.6 is 0 Å². The van der Waals surface area contributed by atoms with Gasteiger partial charge in [0.15, 0.2) is 0 Å². The summed E-state index contributed by atoms with van der Waals surface area (Å²) in [6.45, 7) is 8.98. The minimum Gasteiger partial charge on any atom is -0.444 e. The van der Waals surface area contributed by atoms with E-state index in [2.05, 4.69) is 47.2 Å². The molecule has 40 heavy (non-hydrogen) atoms. The highest BCUT2D eigenvalue weighted by Gasteiger charge is 2.24. The van der Waals surface area contributed by atoms with E-state index >= 15 is 0 Å². The summed E-state index contributed by atoms with van der Waals surface area (Å²) < 4.78 is 5.53. The number of carbonyl (C=O) groups is 2. The molecule has 7 heteroatoms. The van der Waals surface area contributed by atoms with Crippen molar-refractivity contribution in [3.8, 4) is 22.3 Å². The standard InChI is InChI=1S/C33H36N4O3/c1-21-17-25(11-12-27(21)23-13-15-37(16-14-23)32(39)40-33(2,3)4)26-18-28-29(20-35-30(28)34-19-26)22-7-9-24(10-8-22)31(38)36(5)6/h7-13,17-20H,14-16H2,1-6H3,(H,34,35). The highest BCUT2D eigenvalue weighted by molar-refractivity contribution is 5.98. The van der Waals surface area contributed by atoms with Crippen molar-refractivity contribution in [3.05, 3.63) is 83.7 Å². The van der Waals surface area contributed by atoms with Gasteiger partial charge in [0.2, 0.25) is 0 Å². The van der Waals surface area contributed by atoms with Crippen LogP contribution in [0, 0.1) is 6.92 Å². The Bertz CT molecular complexity index is 1610. The number of hydrogen-bond donors (Lipinski definition) is 1. The average molecular weight is 537 g/mol. The Hall–Kier alpha value is -4.39. The van der Waals surface area contributed by atoms with E-state index in [1.807, 2.05) is 57.4 Å². The van der Waals surface area contributed by atoms with E-state index in [9.17, 15) is 9.59 Å². The average Bonchev–Trinajstić information content (AvgIpc) is 3.35. The van der Waals surface area contributed by atoms with Gasteiger partial charge in [0.25, 0.3) is 5.91 Å². The van der Waals surface area contributed by atoms with E-state index in [1.54, 1.807) is 23.9 Å². The molecule has 5 rings (SSSR count). The third-order valence-electron chi connectivity index (χ3n) is 7.15. The van der Waals surface area contributed by atoms with Gasteiger partial charge in [-0.3, -0.25) is 4.79 Å². The number of aromatic nitrogens is 2. The molecule has 206 valence electrons. The van der Waals surface area contributed by atoms with Crippen molar-refractivity contribution in [2.45, 2.75) is 39.7 Å². The summed E-state index contributed by atoms with van der Waals surface area (Å²) in [7, 11) is 3.51. The first-order valence-corrected chi connectivity index (χ1v) is 13.6. The molecule has 0 radical (unpaired) electrons. The van der Waals surface area contributed by atoms with Crippen molar-refractivity contribution < 1.29 is 14.3 Å². The Balaban J connectivity index is 1.37. The number of amides is 2. The van der Waals surface area contributed by atoms with Crippen LogP contribution in [0.5, 0.6) is 0 Å². The second kappa shape index (κ2) is 10.6. The topological polar surface area (TPSA) is 78.5 Å². The maximum Gasteiger partial charge on any atom is 0.410 e. The Morgan fingerprint density at radius 2 is 1.70 bits per heavy atom. The van der Waals surface area contributed by atoms with Crippen LogP contribution in [0.4, 0.5) is 4.79 Å². The van der Waals surface area contributed by atoms with E-state index in [4.69, 9.17) is 4.74 Å². The molecule has 2 amide bonds. The van der Waals surface area contributed by atoms with E-state index in [-0.39, 0.29) is 12.0 Å². The zero-order chi connectivity index (χ0) is 28.6. The largest absolute Gasteiger partial charge is 0.444 e. The number of fused-ring (bicyclic) bond motifs is 1. The maximum absolute atomic E-state index is 12.4. The molecule has 0 saturated carbocycles.